The second-order valence-corrected chi connectivity index (χ2v) is 5.79. The molecule has 2 amide bonds. The van der Waals surface area contributed by atoms with Gasteiger partial charge in [0.15, 0.2) is 0 Å². The van der Waals surface area contributed by atoms with Crippen LogP contribution in [0.2, 0.25) is 0 Å². The summed E-state index contributed by atoms with van der Waals surface area (Å²) in [7, 11) is 1.68. The van der Waals surface area contributed by atoms with Gasteiger partial charge in [-0.05, 0) is 32.1 Å². The molecule has 1 atom stereocenters. The van der Waals surface area contributed by atoms with Gasteiger partial charge in [-0.2, -0.15) is 0 Å². The number of methoxy groups -OCH3 is 1. The summed E-state index contributed by atoms with van der Waals surface area (Å²) in [5.74, 6) is 0.0924. The first-order chi connectivity index (χ1) is 8.31. The second-order valence-electron chi connectivity index (χ2n) is 5.79. The molecule has 5 nitrogen and oxygen atoms in total. The minimum absolute atomic E-state index is 0.0924. The molecule has 0 aromatic rings. The van der Waals surface area contributed by atoms with E-state index in [0.29, 0.717) is 6.54 Å². The molecule has 1 fully saturated rings. The summed E-state index contributed by atoms with van der Waals surface area (Å²) in [6.45, 7) is 6.35. The Kier molecular flexibility index (Phi) is 4.99. The van der Waals surface area contributed by atoms with E-state index in [2.05, 4.69) is 10.6 Å². The van der Waals surface area contributed by atoms with Crippen LogP contribution in [0.4, 0.5) is 4.79 Å². The Hall–Kier alpha value is -0.810. The van der Waals surface area contributed by atoms with Crippen LogP contribution in [-0.2, 0) is 4.74 Å². The van der Waals surface area contributed by atoms with Crippen LogP contribution >= 0.6 is 0 Å². The van der Waals surface area contributed by atoms with Gasteiger partial charge in [-0.25, -0.2) is 4.79 Å². The first-order valence-electron chi connectivity index (χ1n) is 6.60. The maximum absolute atomic E-state index is 11.6. The zero-order chi connectivity index (χ0) is 13.8. The van der Waals surface area contributed by atoms with Gasteiger partial charge < -0.3 is 20.5 Å². The largest absolute Gasteiger partial charge is 0.388 e. The highest BCUT2D eigenvalue weighted by atomic mass is 16.5. The van der Waals surface area contributed by atoms with Crippen LogP contribution in [0, 0.1) is 5.92 Å². The first kappa shape index (κ1) is 15.2. The molecule has 1 saturated carbocycles. The average Bonchev–Trinajstić information content (AvgIpc) is 2.25. The van der Waals surface area contributed by atoms with Crippen molar-refractivity contribution in [3.63, 3.8) is 0 Å². The molecule has 5 heteroatoms. The number of hydrogen-bond donors (Lipinski definition) is 3. The predicted octanol–water partition coefficient (Wildman–Crippen LogP) is 1.26. The fourth-order valence-electron chi connectivity index (χ4n) is 1.79. The summed E-state index contributed by atoms with van der Waals surface area (Å²) in [6.07, 6.45) is 3.14. The Balaban J connectivity index is 2.26. The van der Waals surface area contributed by atoms with Crippen LogP contribution in [0.3, 0.4) is 0 Å². The maximum Gasteiger partial charge on any atom is 0.314 e. The lowest BCUT2D eigenvalue weighted by Crippen LogP contribution is -2.53. The third-order valence-electron chi connectivity index (χ3n) is 4.12. The van der Waals surface area contributed by atoms with Gasteiger partial charge in [0.2, 0.25) is 0 Å². The molecule has 18 heavy (non-hydrogen) atoms. The smallest absolute Gasteiger partial charge is 0.314 e. The highest BCUT2D eigenvalue weighted by molar-refractivity contribution is 5.74. The lowest BCUT2D eigenvalue weighted by atomic mass is 9.80. The minimum Gasteiger partial charge on any atom is -0.388 e. The third-order valence-corrected chi connectivity index (χ3v) is 4.12. The van der Waals surface area contributed by atoms with Gasteiger partial charge in [0.25, 0.3) is 0 Å². The van der Waals surface area contributed by atoms with E-state index in [1.807, 2.05) is 13.8 Å². The molecule has 0 bridgehead atoms. The average molecular weight is 258 g/mol. The van der Waals surface area contributed by atoms with Crippen molar-refractivity contribution >= 4 is 6.03 Å². The molecule has 3 N–H and O–H groups in total. The predicted molar refractivity (Wildman–Crippen MR) is 70.5 cm³/mol. The van der Waals surface area contributed by atoms with Gasteiger partial charge in [0, 0.05) is 20.2 Å². The van der Waals surface area contributed by atoms with Crippen molar-refractivity contribution in [1.82, 2.24) is 10.6 Å². The molecule has 1 unspecified atom stereocenters. The summed E-state index contributed by atoms with van der Waals surface area (Å²) >= 11 is 0. The quantitative estimate of drug-likeness (QED) is 0.672. The first-order valence-corrected chi connectivity index (χ1v) is 6.60. The van der Waals surface area contributed by atoms with Gasteiger partial charge in [0.1, 0.15) is 0 Å². The zero-order valence-electron chi connectivity index (χ0n) is 11.9. The van der Waals surface area contributed by atoms with Crippen molar-refractivity contribution < 1.29 is 14.6 Å². The zero-order valence-corrected chi connectivity index (χ0v) is 11.9. The van der Waals surface area contributed by atoms with Crippen LogP contribution in [0.5, 0.6) is 0 Å². The van der Waals surface area contributed by atoms with E-state index in [1.54, 1.807) is 14.0 Å². The number of hydrogen-bond acceptors (Lipinski definition) is 3. The Morgan fingerprint density at radius 2 is 2.06 bits per heavy atom. The van der Waals surface area contributed by atoms with E-state index in [-0.39, 0.29) is 24.1 Å². The molecule has 0 aromatic carbocycles. The van der Waals surface area contributed by atoms with Crippen LogP contribution < -0.4 is 10.6 Å². The van der Waals surface area contributed by atoms with Crippen molar-refractivity contribution in [3.8, 4) is 0 Å². The van der Waals surface area contributed by atoms with Crippen LogP contribution in [0.1, 0.15) is 40.0 Å². The number of rotatable bonds is 6. The Labute approximate surface area is 109 Å². The number of carbonyl (C=O) groups excluding carboxylic acids is 1. The highest BCUT2D eigenvalue weighted by Gasteiger charge is 2.37. The van der Waals surface area contributed by atoms with Gasteiger partial charge in [-0.1, -0.05) is 13.8 Å². The van der Waals surface area contributed by atoms with Crippen molar-refractivity contribution in [2.24, 2.45) is 5.92 Å². The van der Waals surface area contributed by atoms with E-state index < -0.39 is 5.60 Å². The second kappa shape index (κ2) is 5.89. The molecule has 1 rings (SSSR count). The lowest BCUT2D eigenvalue weighted by molar-refractivity contribution is -0.0674. The maximum atomic E-state index is 11.6. The summed E-state index contributed by atoms with van der Waals surface area (Å²) in [6, 6.07) is -0.251. The summed E-state index contributed by atoms with van der Waals surface area (Å²) < 4.78 is 5.42. The summed E-state index contributed by atoms with van der Waals surface area (Å²) in [4.78, 5) is 11.6. The molecule has 106 valence electrons. The number of carbonyl (C=O) groups is 1. The minimum atomic E-state index is -0.882. The fourth-order valence-corrected chi connectivity index (χ4v) is 1.79. The Morgan fingerprint density at radius 3 is 2.44 bits per heavy atom. The van der Waals surface area contributed by atoms with Crippen molar-refractivity contribution in [3.05, 3.63) is 0 Å². The standard InChI is InChI=1S/C13H26N2O3/c1-10(2)12(3,17)8-14-11(16)15-9-13(18-4)6-5-7-13/h10,17H,5-9H2,1-4H3,(H2,14,15,16). The van der Waals surface area contributed by atoms with Crippen LogP contribution in [0.15, 0.2) is 0 Å². The van der Waals surface area contributed by atoms with E-state index in [1.165, 1.54) is 0 Å². The molecule has 0 aliphatic heterocycles. The number of aliphatic hydroxyl groups is 1. The fraction of sp³-hybridized carbons (Fsp3) is 0.923. The van der Waals surface area contributed by atoms with Gasteiger partial charge in [0.05, 0.1) is 11.2 Å². The summed E-state index contributed by atoms with van der Waals surface area (Å²) in [5, 5.41) is 15.5. The monoisotopic (exact) mass is 258 g/mol. The molecule has 0 aromatic heterocycles. The van der Waals surface area contributed by atoms with Crippen LogP contribution in [0.25, 0.3) is 0 Å². The van der Waals surface area contributed by atoms with E-state index in [0.717, 1.165) is 19.3 Å². The topological polar surface area (TPSA) is 70.6 Å². The molecule has 0 saturated heterocycles. The molecule has 0 spiro atoms. The van der Waals surface area contributed by atoms with E-state index in [9.17, 15) is 9.90 Å². The molecule has 1 aliphatic carbocycles. The molecule has 1 aliphatic rings. The third kappa shape index (κ3) is 3.85. The lowest BCUT2D eigenvalue weighted by Gasteiger charge is -2.40. The van der Waals surface area contributed by atoms with Gasteiger partial charge in [-0.15, -0.1) is 0 Å². The molecular weight excluding hydrogens is 232 g/mol. The van der Waals surface area contributed by atoms with Crippen molar-refractivity contribution in [2.45, 2.75) is 51.2 Å². The molecular formula is C13H26N2O3. The normalized spacial score (nSPS) is 21.0. The van der Waals surface area contributed by atoms with Gasteiger partial charge >= 0.3 is 6.03 Å². The molecule has 0 radical (unpaired) electrons. The highest BCUT2D eigenvalue weighted by Crippen LogP contribution is 2.34. The Morgan fingerprint density at radius 1 is 1.44 bits per heavy atom. The van der Waals surface area contributed by atoms with Crippen molar-refractivity contribution in [1.29, 1.82) is 0 Å². The summed E-state index contributed by atoms with van der Waals surface area (Å²) in [5.41, 5.74) is -1.05. The number of amides is 2. The van der Waals surface area contributed by atoms with Crippen LogP contribution in [-0.4, -0.2) is 42.5 Å². The SMILES string of the molecule is COC1(CNC(=O)NCC(C)(O)C(C)C)CCC1. The number of urea groups is 1. The van der Waals surface area contributed by atoms with Crippen molar-refractivity contribution in [2.75, 3.05) is 20.2 Å². The Bertz CT molecular complexity index is 272. The number of ether oxygens (including phenoxy) is 1. The van der Waals surface area contributed by atoms with E-state index >= 15 is 0 Å². The molecule has 0 heterocycles. The van der Waals surface area contributed by atoms with Gasteiger partial charge in [-0.3, -0.25) is 0 Å². The number of nitrogens with one attached hydrogen (secondary N) is 2. The van der Waals surface area contributed by atoms with E-state index in [4.69, 9.17) is 4.74 Å².